The van der Waals surface area contributed by atoms with Crippen molar-refractivity contribution in [2.24, 2.45) is 0 Å². The van der Waals surface area contributed by atoms with E-state index in [2.05, 4.69) is 34.5 Å². The largest absolute Gasteiger partial charge is 0.497 e. The van der Waals surface area contributed by atoms with Crippen LogP contribution in [0.5, 0.6) is 17.2 Å². The third-order valence-electron chi connectivity index (χ3n) is 6.35. The lowest BCUT2D eigenvalue weighted by Gasteiger charge is -2.33. The molecule has 0 amide bonds. The zero-order chi connectivity index (χ0) is 23.0. The van der Waals surface area contributed by atoms with Gasteiger partial charge in [-0.25, -0.2) is 0 Å². The zero-order valence-corrected chi connectivity index (χ0v) is 19.5. The predicted octanol–water partition coefficient (Wildman–Crippen LogP) is 5.45. The molecule has 4 rings (SSSR count). The van der Waals surface area contributed by atoms with Crippen LogP contribution in [-0.4, -0.2) is 49.4 Å². The van der Waals surface area contributed by atoms with E-state index >= 15 is 0 Å². The number of para-hydroxylation sites is 1. The highest BCUT2D eigenvalue weighted by Gasteiger charge is 2.22. The second-order valence-electron chi connectivity index (χ2n) is 8.77. The van der Waals surface area contributed by atoms with Crippen LogP contribution < -0.4 is 14.8 Å². The molecule has 0 aliphatic carbocycles. The lowest BCUT2D eigenvalue weighted by atomic mass is 9.89. The summed E-state index contributed by atoms with van der Waals surface area (Å²) in [4.78, 5) is 2.37. The Morgan fingerprint density at radius 2 is 1.61 bits per heavy atom. The first-order valence-electron chi connectivity index (χ1n) is 11.7. The van der Waals surface area contributed by atoms with Crippen molar-refractivity contribution in [2.75, 3.05) is 38.6 Å². The number of likely N-dealkylation sites (tertiary alicyclic amines) is 1. The van der Waals surface area contributed by atoms with Gasteiger partial charge in [0.2, 0.25) is 0 Å². The fraction of sp³-hybridized carbons (Fsp3) is 0.357. The first-order valence-corrected chi connectivity index (χ1v) is 11.7. The Hall–Kier alpha value is -3.02. The molecule has 3 aromatic carbocycles. The van der Waals surface area contributed by atoms with Gasteiger partial charge in [0, 0.05) is 18.8 Å². The van der Waals surface area contributed by atoms with Gasteiger partial charge in [0.25, 0.3) is 0 Å². The van der Waals surface area contributed by atoms with E-state index in [1.165, 1.54) is 5.56 Å². The van der Waals surface area contributed by atoms with Crippen LogP contribution >= 0.6 is 0 Å². The minimum atomic E-state index is -0.405. The topological polar surface area (TPSA) is 54.0 Å². The molecule has 0 bridgehead atoms. The fourth-order valence-electron chi connectivity index (χ4n) is 4.43. The van der Waals surface area contributed by atoms with Gasteiger partial charge in [0.1, 0.15) is 17.2 Å². The number of ether oxygens (including phenoxy) is 2. The lowest BCUT2D eigenvalue weighted by Crippen LogP contribution is -2.40. The summed E-state index contributed by atoms with van der Waals surface area (Å²) in [5.41, 5.74) is 3.52. The highest BCUT2D eigenvalue weighted by Crippen LogP contribution is 2.30. The van der Waals surface area contributed by atoms with Crippen molar-refractivity contribution in [3.05, 3.63) is 83.9 Å². The lowest BCUT2D eigenvalue weighted by molar-refractivity contribution is 0.105. The van der Waals surface area contributed by atoms with Crippen molar-refractivity contribution >= 4 is 5.69 Å². The number of aryl methyl sites for hydroxylation is 1. The summed E-state index contributed by atoms with van der Waals surface area (Å²) in [5.74, 6) is 3.13. The summed E-state index contributed by atoms with van der Waals surface area (Å²) in [5, 5.41) is 13.9. The number of aliphatic hydroxyl groups excluding tert-OH is 1. The van der Waals surface area contributed by atoms with Crippen molar-refractivity contribution in [1.29, 1.82) is 0 Å². The Bertz CT molecular complexity index is 999. The Kier molecular flexibility index (Phi) is 7.87. The molecule has 174 valence electrons. The molecule has 1 aliphatic rings. The minimum Gasteiger partial charge on any atom is -0.497 e. The molecular weight excluding hydrogens is 412 g/mol. The van der Waals surface area contributed by atoms with E-state index in [0.717, 1.165) is 54.4 Å². The van der Waals surface area contributed by atoms with Gasteiger partial charge in [-0.05, 0) is 92.4 Å². The molecule has 0 saturated carbocycles. The Labute approximate surface area is 197 Å². The first kappa shape index (κ1) is 23.1. The maximum absolute atomic E-state index is 10.5. The van der Waals surface area contributed by atoms with Crippen molar-refractivity contribution < 1.29 is 14.6 Å². The molecule has 3 aromatic rings. The molecule has 1 fully saturated rings. The van der Waals surface area contributed by atoms with Gasteiger partial charge in [0.05, 0.1) is 13.2 Å². The van der Waals surface area contributed by atoms with E-state index in [4.69, 9.17) is 9.47 Å². The van der Waals surface area contributed by atoms with E-state index in [1.54, 1.807) is 7.11 Å². The summed E-state index contributed by atoms with van der Waals surface area (Å²) in [6.07, 6.45) is 1.81. The number of aliphatic hydroxyl groups is 1. The SMILES string of the molecule is COc1ccc(NC[C@@H](O)CN2CCC(c3ccc(Oc4ccccc4)cc3)CC2)c(C)c1. The monoisotopic (exact) mass is 446 g/mol. The fourth-order valence-corrected chi connectivity index (χ4v) is 4.43. The van der Waals surface area contributed by atoms with Crippen LogP contribution in [0.2, 0.25) is 0 Å². The number of piperidine rings is 1. The molecule has 1 saturated heterocycles. The molecule has 5 heteroatoms. The van der Waals surface area contributed by atoms with Crippen molar-refractivity contribution in [3.8, 4) is 17.2 Å². The normalized spacial score (nSPS) is 15.7. The number of hydrogen-bond acceptors (Lipinski definition) is 5. The predicted molar refractivity (Wildman–Crippen MR) is 134 cm³/mol. The van der Waals surface area contributed by atoms with Crippen LogP contribution in [0.4, 0.5) is 5.69 Å². The van der Waals surface area contributed by atoms with Crippen LogP contribution in [0.1, 0.15) is 29.9 Å². The molecule has 2 N–H and O–H groups in total. The summed E-state index contributed by atoms with van der Waals surface area (Å²) in [6, 6.07) is 24.3. The quantitative estimate of drug-likeness (QED) is 0.458. The molecule has 1 aliphatic heterocycles. The molecule has 0 radical (unpaired) electrons. The van der Waals surface area contributed by atoms with Crippen molar-refractivity contribution in [3.63, 3.8) is 0 Å². The minimum absolute atomic E-state index is 0.405. The second-order valence-corrected chi connectivity index (χ2v) is 8.77. The van der Waals surface area contributed by atoms with E-state index in [1.807, 2.05) is 55.5 Å². The third kappa shape index (κ3) is 6.50. The molecule has 1 atom stereocenters. The Balaban J connectivity index is 1.21. The summed E-state index contributed by atoms with van der Waals surface area (Å²) in [6.45, 7) is 5.29. The average molecular weight is 447 g/mol. The van der Waals surface area contributed by atoms with E-state index in [9.17, 15) is 5.11 Å². The van der Waals surface area contributed by atoms with Gasteiger partial charge in [-0.15, -0.1) is 0 Å². The van der Waals surface area contributed by atoms with Crippen LogP contribution in [0, 0.1) is 6.92 Å². The molecule has 33 heavy (non-hydrogen) atoms. The molecule has 0 spiro atoms. The molecule has 1 heterocycles. The molecule has 0 aromatic heterocycles. The van der Waals surface area contributed by atoms with E-state index < -0.39 is 6.10 Å². The summed E-state index contributed by atoms with van der Waals surface area (Å²) in [7, 11) is 1.67. The van der Waals surface area contributed by atoms with Crippen LogP contribution in [0.15, 0.2) is 72.8 Å². The molecule has 5 nitrogen and oxygen atoms in total. The Morgan fingerprint density at radius 1 is 0.939 bits per heavy atom. The number of nitrogens with one attached hydrogen (secondary N) is 1. The smallest absolute Gasteiger partial charge is 0.127 e. The zero-order valence-electron chi connectivity index (χ0n) is 19.5. The van der Waals surface area contributed by atoms with Crippen molar-refractivity contribution in [1.82, 2.24) is 4.90 Å². The third-order valence-corrected chi connectivity index (χ3v) is 6.35. The van der Waals surface area contributed by atoms with E-state index in [-0.39, 0.29) is 0 Å². The van der Waals surface area contributed by atoms with Gasteiger partial charge in [0.15, 0.2) is 0 Å². The van der Waals surface area contributed by atoms with Gasteiger partial charge in [-0.3, -0.25) is 0 Å². The Morgan fingerprint density at radius 3 is 2.27 bits per heavy atom. The van der Waals surface area contributed by atoms with Crippen LogP contribution in [0.3, 0.4) is 0 Å². The number of nitrogens with zero attached hydrogens (tertiary/aromatic N) is 1. The number of benzene rings is 3. The van der Waals surface area contributed by atoms with Gasteiger partial charge in [-0.2, -0.15) is 0 Å². The number of anilines is 1. The number of rotatable bonds is 9. The highest BCUT2D eigenvalue weighted by atomic mass is 16.5. The van der Waals surface area contributed by atoms with Gasteiger partial charge < -0.3 is 24.8 Å². The number of hydrogen-bond donors (Lipinski definition) is 2. The van der Waals surface area contributed by atoms with E-state index in [0.29, 0.717) is 19.0 Å². The molecular formula is C28H34N2O3. The summed E-state index contributed by atoms with van der Waals surface area (Å²) < 4.78 is 11.2. The van der Waals surface area contributed by atoms with Crippen LogP contribution in [-0.2, 0) is 0 Å². The van der Waals surface area contributed by atoms with Crippen LogP contribution in [0.25, 0.3) is 0 Å². The average Bonchev–Trinajstić information content (AvgIpc) is 2.85. The summed E-state index contributed by atoms with van der Waals surface area (Å²) >= 11 is 0. The van der Waals surface area contributed by atoms with Gasteiger partial charge in [-0.1, -0.05) is 30.3 Å². The highest BCUT2D eigenvalue weighted by molar-refractivity contribution is 5.53. The maximum atomic E-state index is 10.5. The molecule has 0 unspecified atom stereocenters. The second kappa shape index (κ2) is 11.2. The standard InChI is InChI=1S/C28H34N2O3/c1-21-18-27(32-2)12-13-28(21)29-19-24(31)20-30-16-14-23(15-17-30)22-8-10-26(11-9-22)33-25-6-4-3-5-7-25/h3-13,18,23-24,29,31H,14-17,19-20H2,1-2H3/t24-/m1/s1. The van der Waals surface area contributed by atoms with Gasteiger partial charge >= 0.3 is 0 Å². The maximum Gasteiger partial charge on any atom is 0.127 e. The first-order chi connectivity index (χ1) is 16.1. The number of methoxy groups -OCH3 is 1. The van der Waals surface area contributed by atoms with Crippen molar-refractivity contribution in [2.45, 2.75) is 31.8 Å². The number of β-amino-alcohol motifs (C(OH)–C–C–N with tert-alkyl or cyclic N) is 1.